The van der Waals surface area contributed by atoms with Crippen LogP contribution in [0.25, 0.3) is 0 Å². The maximum atomic E-state index is 13.2. The van der Waals surface area contributed by atoms with E-state index >= 15 is 0 Å². The number of imidazole rings is 1. The zero-order chi connectivity index (χ0) is 28.9. The van der Waals surface area contributed by atoms with Crippen LogP contribution < -0.4 is 14.8 Å². The maximum Gasteiger partial charge on any atom is 0.374 e. The summed E-state index contributed by atoms with van der Waals surface area (Å²) in [5.41, 5.74) is 2.70. The van der Waals surface area contributed by atoms with Gasteiger partial charge in [-0.15, -0.1) is 0 Å². The first-order valence-corrected chi connectivity index (χ1v) is 13.6. The second-order valence-corrected chi connectivity index (χ2v) is 9.97. The van der Waals surface area contributed by atoms with Crippen molar-refractivity contribution in [3.05, 3.63) is 65.1 Å². The number of aromatic nitrogens is 2. The van der Waals surface area contributed by atoms with Gasteiger partial charge in [0.1, 0.15) is 6.61 Å². The van der Waals surface area contributed by atoms with Gasteiger partial charge in [0.25, 0.3) is 5.91 Å². The van der Waals surface area contributed by atoms with Gasteiger partial charge in [-0.25, -0.2) is 9.78 Å². The van der Waals surface area contributed by atoms with Crippen LogP contribution in [0.4, 0.5) is 11.5 Å². The standard InChI is InChI=1S/C30H33N5O6/c1-4-40-30(38)28-33-26(17-34(28)2)32-27(36)13-19-8-7-9-20(12-19)18-41-25-15-23-22(14-24(25)39-3)29(37)35-11-6-5-10-21(35)16-31-23/h7-9,12,14-17,21H,4-6,10-11,13,18H2,1-3H3,(H,32,36)/t21-/m0/s1. The molecule has 214 valence electrons. The van der Waals surface area contributed by atoms with Gasteiger partial charge in [-0.05, 0) is 43.4 Å². The van der Waals surface area contributed by atoms with Crippen molar-refractivity contribution in [2.75, 3.05) is 25.6 Å². The lowest BCUT2D eigenvalue weighted by molar-refractivity contribution is -0.115. The van der Waals surface area contributed by atoms with E-state index in [0.717, 1.165) is 36.9 Å². The number of piperidine rings is 1. The predicted molar refractivity (Wildman–Crippen MR) is 152 cm³/mol. The smallest absolute Gasteiger partial charge is 0.374 e. The average molecular weight is 560 g/mol. The van der Waals surface area contributed by atoms with E-state index in [0.29, 0.717) is 22.7 Å². The molecule has 0 unspecified atom stereocenters. The van der Waals surface area contributed by atoms with Crippen molar-refractivity contribution in [2.45, 2.75) is 45.3 Å². The van der Waals surface area contributed by atoms with Gasteiger partial charge >= 0.3 is 5.97 Å². The van der Waals surface area contributed by atoms with Crippen molar-refractivity contribution in [3.8, 4) is 11.5 Å². The minimum atomic E-state index is -0.552. The quantitative estimate of drug-likeness (QED) is 0.392. The molecule has 11 nitrogen and oxygen atoms in total. The Morgan fingerprint density at radius 2 is 1.95 bits per heavy atom. The summed E-state index contributed by atoms with van der Waals surface area (Å²) in [5, 5.41) is 2.73. The van der Waals surface area contributed by atoms with Crippen LogP contribution in [0.2, 0.25) is 0 Å². The molecule has 3 heterocycles. The molecule has 0 spiro atoms. The van der Waals surface area contributed by atoms with E-state index in [2.05, 4.69) is 15.3 Å². The first kappa shape index (κ1) is 27.9. The molecule has 5 rings (SSSR count). The molecular weight excluding hydrogens is 526 g/mol. The lowest BCUT2D eigenvalue weighted by Gasteiger charge is -2.32. The van der Waals surface area contributed by atoms with Gasteiger partial charge in [0.15, 0.2) is 17.3 Å². The van der Waals surface area contributed by atoms with Crippen LogP contribution >= 0.6 is 0 Å². The van der Waals surface area contributed by atoms with Crippen LogP contribution in [0.15, 0.2) is 47.6 Å². The third-order valence-electron chi connectivity index (χ3n) is 7.06. The van der Waals surface area contributed by atoms with E-state index in [9.17, 15) is 14.4 Å². The number of rotatable bonds is 9. The Balaban J connectivity index is 1.25. The highest BCUT2D eigenvalue weighted by atomic mass is 16.5. The highest BCUT2D eigenvalue weighted by Gasteiger charge is 2.31. The highest BCUT2D eigenvalue weighted by Crippen LogP contribution is 2.38. The number of aliphatic imine (C=N–C) groups is 1. The number of nitrogens with zero attached hydrogens (tertiary/aromatic N) is 4. The molecule has 0 bridgehead atoms. The SMILES string of the molecule is CCOC(=O)c1nc(NC(=O)Cc2cccc(COc3cc4c(cc3OC)C(=O)N3CCCC[C@H]3C=N4)c2)cn1C. The minimum absolute atomic E-state index is 0.0104. The molecule has 1 N–H and O–H groups in total. The van der Waals surface area contributed by atoms with E-state index in [4.69, 9.17) is 14.2 Å². The molecule has 0 radical (unpaired) electrons. The molecule has 3 aromatic rings. The van der Waals surface area contributed by atoms with Crippen LogP contribution in [-0.2, 0) is 29.6 Å². The molecular formula is C30H33N5O6. The summed E-state index contributed by atoms with van der Waals surface area (Å²) in [7, 11) is 3.20. The number of nitrogens with one attached hydrogen (secondary N) is 1. The van der Waals surface area contributed by atoms with Crippen molar-refractivity contribution >= 4 is 35.5 Å². The molecule has 1 atom stereocenters. The Morgan fingerprint density at radius 1 is 1.12 bits per heavy atom. The van der Waals surface area contributed by atoms with Crippen molar-refractivity contribution in [2.24, 2.45) is 12.0 Å². The maximum absolute atomic E-state index is 13.2. The number of anilines is 1. The fourth-order valence-electron chi connectivity index (χ4n) is 5.06. The Hall–Kier alpha value is -4.67. The summed E-state index contributed by atoms with van der Waals surface area (Å²) in [6.07, 6.45) is 6.50. The van der Waals surface area contributed by atoms with E-state index in [1.54, 1.807) is 39.4 Å². The molecule has 1 aromatic heterocycles. The molecule has 2 aliphatic heterocycles. The number of amides is 2. The molecule has 0 saturated carbocycles. The number of methoxy groups -OCH3 is 1. The Morgan fingerprint density at radius 3 is 2.76 bits per heavy atom. The normalized spacial score (nSPS) is 15.9. The van der Waals surface area contributed by atoms with Gasteiger partial charge in [0.2, 0.25) is 11.7 Å². The van der Waals surface area contributed by atoms with Crippen LogP contribution in [0, 0.1) is 0 Å². The van der Waals surface area contributed by atoms with Crippen molar-refractivity contribution < 1.29 is 28.6 Å². The number of fused-ring (bicyclic) bond motifs is 2. The molecule has 1 fully saturated rings. The van der Waals surface area contributed by atoms with Gasteiger partial charge < -0.3 is 29.0 Å². The molecule has 2 amide bonds. The number of carbonyl (C=O) groups excluding carboxylic acids is 3. The number of benzene rings is 2. The average Bonchev–Trinajstić information content (AvgIpc) is 3.27. The number of hydrogen-bond acceptors (Lipinski definition) is 8. The van der Waals surface area contributed by atoms with E-state index < -0.39 is 5.97 Å². The lowest BCUT2D eigenvalue weighted by Crippen LogP contribution is -2.43. The molecule has 41 heavy (non-hydrogen) atoms. The Kier molecular flexibility index (Phi) is 8.32. The number of carbonyl (C=O) groups is 3. The molecule has 0 aliphatic carbocycles. The number of ether oxygens (including phenoxy) is 3. The third-order valence-corrected chi connectivity index (χ3v) is 7.06. The van der Waals surface area contributed by atoms with Crippen LogP contribution in [0.1, 0.15) is 58.3 Å². The Labute approximate surface area is 238 Å². The first-order valence-electron chi connectivity index (χ1n) is 13.6. The second kappa shape index (κ2) is 12.2. The first-order chi connectivity index (χ1) is 19.9. The van der Waals surface area contributed by atoms with Crippen molar-refractivity contribution in [1.82, 2.24) is 14.5 Å². The summed E-state index contributed by atoms with van der Waals surface area (Å²) >= 11 is 0. The molecule has 2 aliphatic rings. The number of hydrogen-bond donors (Lipinski definition) is 1. The molecule has 11 heteroatoms. The fraction of sp³-hybridized carbons (Fsp3) is 0.367. The van der Waals surface area contributed by atoms with Gasteiger partial charge in [-0.1, -0.05) is 24.3 Å². The summed E-state index contributed by atoms with van der Waals surface area (Å²) < 4.78 is 18.2. The van der Waals surface area contributed by atoms with Gasteiger partial charge in [-0.2, -0.15) is 0 Å². The number of aryl methyl sites for hydroxylation is 1. The van der Waals surface area contributed by atoms with E-state index in [1.165, 1.54) is 4.57 Å². The minimum Gasteiger partial charge on any atom is -0.493 e. The van der Waals surface area contributed by atoms with Gasteiger partial charge in [0, 0.05) is 32.1 Å². The van der Waals surface area contributed by atoms with Crippen molar-refractivity contribution in [1.29, 1.82) is 0 Å². The summed E-state index contributed by atoms with van der Waals surface area (Å²) in [6.45, 7) is 2.90. The molecule has 2 aromatic carbocycles. The fourth-order valence-corrected chi connectivity index (χ4v) is 5.06. The van der Waals surface area contributed by atoms with Crippen molar-refractivity contribution in [3.63, 3.8) is 0 Å². The van der Waals surface area contributed by atoms with Crippen LogP contribution in [-0.4, -0.2) is 64.8 Å². The Bertz CT molecular complexity index is 1500. The topological polar surface area (TPSA) is 124 Å². The largest absolute Gasteiger partial charge is 0.493 e. The second-order valence-electron chi connectivity index (χ2n) is 9.97. The van der Waals surface area contributed by atoms with Gasteiger partial charge in [0.05, 0.1) is 37.4 Å². The lowest BCUT2D eigenvalue weighted by atomic mass is 10.0. The van der Waals surface area contributed by atoms with Crippen LogP contribution in [0.5, 0.6) is 11.5 Å². The number of esters is 1. The monoisotopic (exact) mass is 559 g/mol. The van der Waals surface area contributed by atoms with E-state index in [-0.39, 0.29) is 49.1 Å². The summed E-state index contributed by atoms with van der Waals surface area (Å²) in [4.78, 5) is 48.6. The molecule has 1 saturated heterocycles. The van der Waals surface area contributed by atoms with Crippen LogP contribution in [0.3, 0.4) is 0 Å². The zero-order valence-corrected chi connectivity index (χ0v) is 23.4. The summed E-state index contributed by atoms with van der Waals surface area (Å²) in [6, 6.07) is 11.0. The predicted octanol–water partition coefficient (Wildman–Crippen LogP) is 4.08. The highest BCUT2D eigenvalue weighted by molar-refractivity contribution is 6.03. The zero-order valence-electron chi connectivity index (χ0n) is 23.4. The third kappa shape index (κ3) is 6.24. The van der Waals surface area contributed by atoms with Gasteiger partial charge in [-0.3, -0.25) is 14.6 Å². The van der Waals surface area contributed by atoms with E-state index in [1.807, 2.05) is 35.4 Å². The summed E-state index contributed by atoms with van der Waals surface area (Å²) in [5.74, 6) is 0.447.